The Labute approximate surface area is 236 Å². The number of hydrogen-bond acceptors (Lipinski definition) is 8. The zero-order chi connectivity index (χ0) is 29.7. The molecule has 10 nitrogen and oxygen atoms in total. The van der Waals surface area contributed by atoms with Gasteiger partial charge < -0.3 is 31.9 Å². The number of amides is 1. The Bertz CT molecular complexity index is 1470. The van der Waals surface area contributed by atoms with Crippen LogP contribution < -0.4 is 27.0 Å². The lowest BCUT2D eigenvalue weighted by Crippen LogP contribution is -2.31. The maximum atomic E-state index is 13.2. The molecule has 0 atom stereocenters. The summed E-state index contributed by atoms with van der Waals surface area (Å²) in [6.07, 6.45) is -0.590. The van der Waals surface area contributed by atoms with Crippen molar-refractivity contribution in [3.05, 3.63) is 77.8 Å². The van der Waals surface area contributed by atoms with Crippen LogP contribution in [0.15, 0.2) is 60.4 Å². The number of nitrogen functional groups attached to an aromatic ring is 1. The van der Waals surface area contributed by atoms with E-state index in [1.165, 1.54) is 18.3 Å². The number of benzene rings is 2. The molecule has 0 saturated carbocycles. The fourth-order valence-corrected chi connectivity index (χ4v) is 4.32. The number of carbonyl (C=O) groups excluding carboxylic acids is 1. The van der Waals surface area contributed by atoms with Crippen LogP contribution >= 0.6 is 0 Å². The van der Waals surface area contributed by atoms with Crippen molar-refractivity contribution in [3.8, 4) is 0 Å². The van der Waals surface area contributed by atoms with Crippen LogP contribution in [-0.4, -0.2) is 59.8 Å². The predicted molar refractivity (Wildman–Crippen MR) is 156 cm³/mol. The van der Waals surface area contributed by atoms with E-state index in [0.717, 1.165) is 50.3 Å². The highest BCUT2D eigenvalue weighted by atomic mass is 19.4. The van der Waals surface area contributed by atoms with Gasteiger partial charge in [-0.15, -0.1) is 0 Å². The third-order valence-electron chi connectivity index (χ3n) is 6.61. The molecule has 0 bridgehead atoms. The Morgan fingerprint density at radius 3 is 2.66 bits per heavy atom. The number of carbonyl (C=O) groups is 1. The highest BCUT2D eigenvalue weighted by Crippen LogP contribution is 2.35. The monoisotopic (exact) mass is 567 g/mol. The van der Waals surface area contributed by atoms with Crippen molar-refractivity contribution in [1.82, 2.24) is 14.9 Å². The summed E-state index contributed by atoms with van der Waals surface area (Å²) in [6, 6.07) is 7.92. The Morgan fingerprint density at radius 1 is 1.15 bits per heavy atom. The van der Waals surface area contributed by atoms with Crippen LogP contribution in [0.3, 0.4) is 0 Å². The van der Waals surface area contributed by atoms with E-state index in [-0.39, 0.29) is 17.1 Å². The minimum absolute atomic E-state index is 0.0463. The van der Waals surface area contributed by atoms with Gasteiger partial charge in [0.25, 0.3) is 5.91 Å². The number of aliphatic imine (C=N–C) groups is 1. The molecular formula is C28H32F3N9O. The summed E-state index contributed by atoms with van der Waals surface area (Å²) in [7, 11) is 2.07. The van der Waals surface area contributed by atoms with Gasteiger partial charge in [-0.2, -0.15) is 13.2 Å². The maximum Gasteiger partial charge on any atom is 0.418 e. The molecule has 41 heavy (non-hydrogen) atoms. The topological polar surface area (TPSA) is 138 Å². The minimum atomic E-state index is -4.65. The fraction of sp³-hybridized carbons (Fsp3) is 0.286. The number of hydrogen-bond donors (Lipinski definition) is 4. The molecule has 3 aromatic rings. The number of anilines is 4. The summed E-state index contributed by atoms with van der Waals surface area (Å²) in [6.45, 7) is 8.90. The lowest BCUT2D eigenvalue weighted by Gasteiger charge is -2.21. The number of halogens is 3. The third kappa shape index (κ3) is 7.11. The molecule has 216 valence electrons. The maximum absolute atomic E-state index is 13.2. The molecule has 0 spiro atoms. The van der Waals surface area contributed by atoms with Gasteiger partial charge in [0, 0.05) is 36.6 Å². The molecule has 0 unspecified atom stereocenters. The van der Waals surface area contributed by atoms with Crippen LogP contribution in [0.4, 0.5) is 41.9 Å². The van der Waals surface area contributed by atoms with E-state index < -0.39 is 23.3 Å². The number of alkyl halides is 3. The number of aryl methyl sites for hydroxylation is 1. The van der Waals surface area contributed by atoms with Crippen molar-refractivity contribution in [2.45, 2.75) is 19.5 Å². The lowest BCUT2D eigenvalue weighted by atomic mass is 10.1. The Morgan fingerprint density at radius 2 is 1.93 bits per heavy atom. The standard InChI is InChI=1S/C28H32F3N9O/c1-4-34-23-16-35-27(40-11-5-10-39(3)12-13-40)38-24(23)25(33)37-22-14-18(7-6-17(22)2)26(41)36-19-8-9-21(32)20(15-19)28(29,30)31/h4,6-9,14-16,34H,1,5,10-13,32H2,2-3H3,(H2,33,37)(H,36,41). The van der Waals surface area contributed by atoms with Gasteiger partial charge in [-0.1, -0.05) is 12.6 Å². The van der Waals surface area contributed by atoms with Crippen molar-refractivity contribution >= 4 is 40.4 Å². The third-order valence-corrected chi connectivity index (χ3v) is 6.61. The smallest absolute Gasteiger partial charge is 0.398 e. The van der Waals surface area contributed by atoms with E-state index >= 15 is 0 Å². The van der Waals surface area contributed by atoms with E-state index in [0.29, 0.717) is 23.0 Å². The molecule has 1 amide bonds. The molecule has 2 heterocycles. The van der Waals surface area contributed by atoms with Gasteiger partial charge in [-0.05, 0) is 69.0 Å². The van der Waals surface area contributed by atoms with Gasteiger partial charge >= 0.3 is 6.18 Å². The molecule has 1 aliphatic rings. The molecule has 6 N–H and O–H groups in total. The number of nitrogens with one attached hydrogen (secondary N) is 2. The highest BCUT2D eigenvalue weighted by Gasteiger charge is 2.33. The molecule has 13 heteroatoms. The van der Waals surface area contributed by atoms with Gasteiger partial charge in [0.2, 0.25) is 5.95 Å². The predicted octanol–water partition coefficient (Wildman–Crippen LogP) is 4.37. The molecule has 1 saturated heterocycles. The molecule has 1 fully saturated rings. The van der Waals surface area contributed by atoms with Crippen LogP contribution in [0.5, 0.6) is 0 Å². The minimum Gasteiger partial charge on any atom is -0.398 e. The summed E-state index contributed by atoms with van der Waals surface area (Å²) in [5, 5.41) is 5.46. The van der Waals surface area contributed by atoms with Crippen LogP contribution in [0.25, 0.3) is 0 Å². The normalized spacial score (nSPS) is 14.9. The first-order valence-corrected chi connectivity index (χ1v) is 12.9. The summed E-state index contributed by atoms with van der Waals surface area (Å²) < 4.78 is 39.7. The molecule has 1 aliphatic heterocycles. The Balaban J connectivity index is 1.63. The van der Waals surface area contributed by atoms with Crippen LogP contribution in [0, 0.1) is 6.92 Å². The molecule has 2 aromatic carbocycles. The van der Waals surface area contributed by atoms with Gasteiger partial charge in [-0.25, -0.2) is 15.0 Å². The fourth-order valence-electron chi connectivity index (χ4n) is 4.32. The number of nitrogens with zero attached hydrogens (tertiary/aromatic N) is 5. The Hall–Kier alpha value is -4.65. The number of amidine groups is 1. The average molecular weight is 568 g/mol. The van der Waals surface area contributed by atoms with Crippen LogP contribution in [0.1, 0.15) is 33.6 Å². The second-order valence-corrected chi connectivity index (χ2v) is 9.68. The molecule has 4 rings (SSSR count). The van der Waals surface area contributed by atoms with Crippen LogP contribution in [-0.2, 0) is 6.18 Å². The van der Waals surface area contributed by atoms with Gasteiger partial charge in [-0.3, -0.25) is 4.79 Å². The highest BCUT2D eigenvalue weighted by molar-refractivity contribution is 6.06. The zero-order valence-corrected chi connectivity index (χ0v) is 22.8. The molecule has 0 aliphatic carbocycles. The van der Waals surface area contributed by atoms with Crippen molar-refractivity contribution in [2.75, 3.05) is 54.5 Å². The average Bonchev–Trinajstić information content (AvgIpc) is 3.15. The van der Waals surface area contributed by atoms with E-state index in [9.17, 15) is 18.0 Å². The number of nitrogens with two attached hydrogens (primary N) is 2. The first-order valence-electron chi connectivity index (χ1n) is 12.9. The molecule has 0 radical (unpaired) electrons. The quantitative estimate of drug-likeness (QED) is 0.188. The SMILES string of the molecule is C=CNc1cnc(N2CCCN(C)CC2)nc1C(N)=Nc1cc(C(=O)Nc2ccc(N)c(C(F)(F)F)c2)ccc1C. The summed E-state index contributed by atoms with van der Waals surface area (Å²) in [5.74, 6) is -0.0176. The molecule has 1 aromatic heterocycles. The lowest BCUT2D eigenvalue weighted by molar-refractivity contribution is -0.136. The number of aromatic nitrogens is 2. The van der Waals surface area contributed by atoms with Crippen molar-refractivity contribution in [1.29, 1.82) is 0 Å². The zero-order valence-electron chi connectivity index (χ0n) is 22.8. The number of likely N-dealkylation sites (N-methyl/N-ethyl adjacent to an activating group) is 1. The van der Waals surface area contributed by atoms with Gasteiger partial charge in [0.1, 0.15) is 5.69 Å². The first kappa shape index (κ1) is 29.3. The van der Waals surface area contributed by atoms with Gasteiger partial charge in [0.15, 0.2) is 5.84 Å². The summed E-state index contributed by atoms with van der Waals surface area (Å²) >= 11 is 0. The number of rotatable bonds is 7. The van der Waals surface area contributed by atoms with Crippen molar-refractivity contribution in [3.63, 3.8) is 0 Å². The largest absolute Gasteiger partial charge is 0.418 e. The molecular weight excluding hydrogens is 535 g/mol. The van der Waals surface area contributed by atoms with E-state index in [2.05, 4.69) is 44.0 Å². The summed E-state index contributed by atoms with van der Waals surface area (Å²) in [5.41, 5.74) is 12.6. The second-order valence-electron chi connectivity index (χ2n) is 9.68. The van der Waals surface area contributed by atoms with Crippen molar-refractivity contribution in [2.24, 2.45) is 10.7 Å². The van der Waals surface area contributed by atoms with E-state index in [1.807, 2.05) is 0 Å². The first-order chi connectivity index (χ1) is 19.5. The van der Waals surface area contributed by atoms with Gasteiger partial charge in [0.05, 0.1) is 23.1 Å². The van der Waals surface area contributed by atoms with Crippen LogP contribution in [0.2, 0.25) is 0 Å². The van der Waals surface area contributed by atoms with E-state index in [4.69, 9.17) is 16.5 Å². The van der Waals surface area contributed by atoms with Crippen molar-refractivity contribution < 1.29 is 18.0 Å². The summed E-state index contributed by atoms with van der Waals surface area (Å²) in [4.78, 5) is 31.0. The Kier molecular flexibility index (Phi) is 8.77. The van der Waals surface area contributed by atoms with E-state index in [1.54, 1.807) is 25.3 Å². The second kappa shape index (κ2) is 12.3.